The van der Waals surface area contributed by atoms with Crippen LogP contribution in [0.25, 0.3) is 0 Å². The van der Waals surface area contributed by atoms with E-state index in [0.29, 0.717) is 18.3 Å². The molecule has 2 heterocycles. The van der Waals surface area contributed by atoms with E-state index in [1.807, 2.05) is 0 Å². The molecule has 11 heteroatoms. The van der Waals surface area contributed by atoms with Crippen LogP contribution in [0.15, 0.2) is 22.7 Å². The van der Waals surface area contributed by atoms with Crippen molar-refractivity contribution in [2.75, 3.05) is 0 Å². The van der Waals surface area contributed by atoms with Crippen LogP contribution in [0.3, 0.4) is 0 Å². The van der Waals surface area contributed by atoms with Crippen molar-refractivity contribution in [3.05, 3.63) is 22.7 Å². The number of hydrogen-bond donors (Lipinski definition) is 2. The second-order valence-electron chi connectivity index (χ2n) is 8.22. The van der Waals surface area contributed by atoms with Crippen molar-refractivity contribution in [2.24, 2.45) is 11.8 Å². The number of nitrogens with zero attached hydrogens (tertiary/aromatic N) is 4. The lowest BCUT2D eigenvalue weighted by Gasteiger charge is -2.61. The van der Waals surface area contributed by atoms with Crippen molar-refractivity contribution < 1.29 is 18.3 Å². The quantitative estimate of drug-likeness (QED) is 0.765. The highest BCUT2D eigenvalue weighted by Crippen LogP contribution is 2.60. The predicted molar refractivity (Wildman–Crippen MR) is 94.8 cm³/mol. The summed E-state index contributed by atoms with van der Waals surface area (Å²) in [7, 11) is -3.94. The van der Waals surface area contributed by atoms with Gasteiger partial charge in [-0.3, -0.25) is 0 Å². The number of thiophene rings is 1. The zero-order valence-electron chi connectivity index (χ0n) is 14.4. The molecule has 4 fully saturated rings. The predicted octanol–water partition coefficient (Wildman–Crippen LogP) is 1.46. The van der Waals surface area contributed by atoms with Crippen LogP contribution >= 0.6 is 11.3 Å². The fourth-order valence-electron chi connectivity index (χ4n) is 5.96. The smallest absolute Gasteiger partial charge is 0.347 e. The van der Waals surface area contributed by atoms with Gasteiger partial charge in [-0.2, -0.15) is 4.80 Å². The Morgan fingerprint density at radius 2 is 2.04 bits per heavy atom. The molecule has 0 radical (unpaired) electrons. The molecule has 0 aromatic carbocycles. The van der Waals surface area contributed by atoms with Gasteiger partial charge in [0, 0.05) is 5.54 Å². The fourth-order valence-corrected chi connectivity index (χ4v) is 8.64. The zero-order chi connectivity index (χ0) is 18.9. The first kappa shape index (κ1) is 17.3. The molecule has 4 bridgehead atoms. The van der Waals surface area contributed by atoms with Crippen molar-refractivity contribution in [1.29, 1.82) is 0 Å². The Balaban J connectivity index is 1.52. The normalized spacial score (nSPS) is 34.8. The lowest BCUT2D eigenvalue weighted by Crippen LogP contribution is -2.66. The van der Waals surface area contributed by atoms with Gasteiger partial charge in [0.15, 0.2) is 6.33 Å². The van der Waals surface area contributed by atoms with Gasteiger partial charge < -0.3 is 5.11 Å². The van der Waals surface area contributed by atoms with Crippen LogP contribution in [-0.2, 0) is 15.6 Å². The Kier molecular flexibility index (Phi) is 3.57. The molecule has 4 saturated carbocycles. The molecule has 4 aliphatic rings. The summed E-state index contributed by atoms with van der Waals surface area (Å²) in [4.78, 5) is 12.8. The average molecular weight is 409 g/mol. The molecular weight excluding hydrogens is 390 g/mol. The highest BCUT2D eigenvalue weighted by Gasteiger charge is 2.60. The van der Waals surface area contributed by atoms with E-state index in [-0.39, 0.29) is 15.3 Å². The van der Waals surface area contributed by atoms with Crippen LogP contribution in [-0.4, -0.2) is 45.2 Å². The molecular formula is C16H19N5O4S2. The number of hydrogen-bond acceptors (Lipinski definition) is 7. The molecule has 144 valence electrons. The second kappa shape index (κ2) is 5.58. The Bertz CT molecular complexity index is 986. The first-order valence-electron chi connectivity index (χ1n) is 8.89. The minimum Gasteiger partial charge on any atom is -0.477 e. The number of tetrazole rings is 1. The average Bonchev–Trinajstić information content (AvgIpc) is 3.25. The molecule has 0 amide bonds. The number of sulfonamides is 1. The summed E-state index contributed by atoms with van der Waals surface area (Å²) >= 11 is 0.923. The standard InChI is InChI=1S/C16H19N5O4S2/c22-14(23)13-12(1-2-26-13)27(24,25)19-15-4-10-3-11(5-15)7-16(6-10,8-15)21-18-9-17-20-21/h1-2,9-11,19H,3-8H2,(H,22,23). The first-order chi connectivity index (χ1) is 12.8. The maximum Gasteiger partial charge on any atom is 0.347 e. The number of aromatic nitrogens is 4. The lowest BCUT2D eigenvalue weighted by atomic mass is 9.50. The second-order valence-corrected chi connectivity index (χ2v) is 10.8. The van der Waals surface area contributed by atoms with Gasteiger partial charge in [-0.25, -0.2) is 17.9 Å². The Morgan fingerprint density at radius 1 is 1.30 bits per heavy atom. The molecule has 2 aromatic heterocycles. The van der Waals surface area contributed by atoms with Crippen LogP contribution in [0.4, 0.5) is 0 Å². The molecule has 2 atom stereocenters. The maximum atomic E-state index is 13.1. The summed E-state index contributed by atoms with van der Waals surface area (Å²) < 4.78 is 29.1. The van der Waals surface area contributed by atoms with E-state index >= 15 is 0 Å². The Labute approximate surface area is 159 Å². The van der Waals surface area contributed by atoms with Crippen molar-refractivity contribution >= 4 is 27.3 Å². The zero-order valence-corrected chi connectivity index (χ0v) is 16.0. The summed E-state index contributed by atoms with van der Waals surface area (Å²) in [6.07, 6.45) is 6.52. The van der Waals surface area contributed by atoms with E-state index < -0.39 is 21.5 Å². The molecule has 0 saturated heterocycles. The van der Waals surface area contributed by atoms with Crippen LogP contribution in [0.5, 0.6) is 0 Å². The SMILES string of the molecule is O=C(O)c1sccc1S(=O)(=O)NC12CC3CC(C1)CC(n1ncnn1)(C3)C2. The number of rotatable bonds is 5. The van der Waals surface area contributed by atoms with Gasteiger partial charge in [0.1, 0.15) is 9.77 Å². The Morgan fingerprint density at radius 3 is 2.67 bits per heavy atom. The van der Waals surface area contributed by atoms with Crippen molar-refractivity contribution in [1.82, 2.24) is 24.9 Å². The fraction of sp³-hybridized carbons (Fsp3) is 0.625. The highest BCUT2D eigenvalue weighted by molar-refractivity contribution is 7.89. The molecule has 2 N–H and O–H groups in total. The maximum absolute atomic E-state index is 13.1. The van der Waals surface area contributed by atoms with Gasteiger partial charge in [-0.05, 0) is 67.0 Å². The molecule has 4 aliphatic carbocycles. The van der Waals surface area contributed by atoms with Crippen molar-refractivity contribution in [3.63, 3.8) is 0 Å². The first-order valence-corrected chi connectivity index (χ1v) is 11.3. The topological polar surface area (TPSA) is 127 Å². The van der Waals surface area contributed by atoms with Crippen LogP contribution in [0.1, 0.15) is 48.2 Å². The number of nitrogens with one attached hydrogen (secondary N) is 1. The minimum absolute atomic E-state index is 0.149. The number of carboxylic acid groups (broad SMARTS) is 1. The third-order valence-electron chi connectivity index (χ3n) is 6.27. The van der Waals surface area contributed by atoms with Gasteiger partial charge in [0.2, 0.25) is 10.0 Å². The molecule has 27 heavy (non-hydrogen) atoms. The van der Waals surface area contributed by atoms with Crippen LogP contribution in [0.2, 0.25) is 0 Å². The minimum atomic E-state index is -3.94. The highest BCUT2D eigenvalue weighted by atomic mass is 32.2. The van der Waals surface area contributed by atoms with E-state index in [1.54, 1.807) is 4.80 Å². The van der Waals surface area contributed by atoms with E-state index in [9.17, 15) is 18.3 Å². The molecule has 0 spiro atoms. The third kappa shape index (κ3) is 2.63. The van der Waals surface area contributed by atoms with Crippen LogP contribution < -0.4 is 4.72 Å². The Hall–Kier alpha value is -1.85. The summed E-state index contributed by atoms with van der Waals surface area (Å²) in [5.41, 5.74) is -0.901. The summed E-state index contributed by atoms with van der Waals surface area (Å²) in [6, 6.07) is 1.37. The summed E-state index contributed by atoms with van der Waals surface area (Å²) in [6.45, 7) is 0. The van der Waals surface area contributed by atoms with Gasteiger partial charge in [0.05, 0.1) is 5.54 Å². The molecule has 6 rings (SSSR count). The van der Waals surface area contributed by atoms with Crippen molar-refractivity contribution in [3.8, 4) is 0 Å². The number of carbonyl (C=O) groups is 1. The van der Waals surface area contributed by atoms with E-state index in [2.05, 4.69) is 20.1 Å². The number of carboxylic acids is 1. The molecule has 2 aromatic rings. The largest absolute Gasteiger partial charge is 0.477 e. The van der Waals surface area contributed by atoms with Gasteiger partial charge >= 0.3 is 5.97 Å². The lowest BCUT2D eigenvalue weighted by molar-refractivity contribution is -0.0768. The van der Waals surface area contributed by atoms with E-state index in [0.717, 1.165) is 43.4 Å². The molecule has 0 aliphatic heterocycles. The number of aromatic carboxylic acids is 1. The summed E-state index contributed by atoms with van der Waals surface area (Å²) in [5, 5.41) is 23.0. The van der Waals surface area contributed by atoms with E-state index in [4.69, 9.17) is 0 Å². The molecule has 9 nitrogen and oxygen atoms in total. The van der Waals surface area contributed by atoms with Gasteiger partial charge in [-0.15, -0.1) is 21.5 Å². The van der Waals surface area contributed by atoms with Crippen molar-refractivity contribution in [2.45, 2.75) is 54.5 Å². The van der Waals surface area contributed by atoms with Gasteiger partial charge in [0.25, 0.3) is 0 Å². The van der Waals surface area contributed by atoms with E-state index in [1.165, 1.54) is 17.8 Å². The molecule has 2 unspecified atom stereocenters. The van der Waals surface area contributed by atoms with Crippen LogP contribution in [0, 0.1) is 11.8 Å². The summed E-state index contributed by atoms with van der Waals surface area (Å²) in [5.74, 6) is -0.415. The van der Waals surface area contributed by atoms with Gasteiger partial charge in [-0.1, -0.05) is 0 Å². The third-order valence-corrected chi connectivity index (χ3v) is 8.92. The monoisotopic (exact) mass is 409 g/mol.